The van der Waals surface area contributed by atoms with Gasteiger partial charge in [-0.05, 0) is 0 Å². The summed E-state index contributed by atoms with van der Waals surface area (Å²) in [6.45, 7) is 0. The summed E-state index contributed by atoms with van der Waals surface area (Å²) >= 11 is 0. The van der Waals surface area contributed by atoms with Crippen LogP contribution in [0, 0.1) is 0 Å². The first-order chi connectivity index (χ1) is 10.0. The Hall–Kier alpha value is -2.42. The third-order valence-corrected chi connectivity index (χ3v) is 3.71. The van der Waals surface area contributed by atoms with Gasteiger partial charge in [-0.1, -0.05) is 0 Å². The fourth-order valence-corrected chi connectivity index (χ4v) is 2.45. The van der Waals surface area contributed by atoms with Crippen molar-refractivity contribution in [3.8, 4) is 23.0 Å². The topological polar surface area (TPSA) is 88.9 Å². The zero-order valence-corrected chi connectivity index (χ0v) is 12.5. The third kappa shape index (κ3) is 3.02. The van der Waals surface area contributed by atoms with E-state index in [1.807, 2.05) is 0 Å². The lowest BCUT2D eigenvalue weighted by molar-refractivity contribution is 0.322. The first kappa shape index (κ1) is 15.0. The number of hydrogen-bond donors (Lipinski definition) is 0. The quantitative estimate of drug-likeness (QED) is 0.788. The molecule has 0 aliphatic heterocycles. The molecule has 1 heterocycles. The van der Waals surface area contributed by atoms with E-state index < -0.39 is 10.3 Å². The maximum Gasteiger partial charge on any atom is 0.414 e. The molecule has 0 saturated heterocycles. The van der Waals surface area contributed by atoms with Crippen LogP contribution in [0.4, 0.5) is 0 Å². The second-order valence-electron chi connectivity index (χ2n) is 3.79. The van der Waals surface area contributed by atoms with Crippen molar-refractivity contribution in [2.24, 2.45) is 0 Å². The van der Waals surface area contributed by atoms with Crippen LogP contribution in [0.25, 0.3) is 0 Å². The molecular weight excluding hydrogens is 300 g/mol. The van der Waals surface area contributed by atoms with Crippen molar-refractivity contribution >= 4 is 10.3 Å². The number of nitrogens with zero attached hydrogens (tertiary/aromatic N) is 2. The Labute approximate surface area is 122 Å². The molecule has 0 aliphatic rings. The van der Waals surface area contributed by atoms with Gasteiger partial charge < -0.3 is 18.4 Å². The van der Waals surface area contributed by atoms with E-state index in [-0.39, 0.29) is 17.2 Å². The standard InChI is InChI=1S/C12H14N2O6S/c1-17-10-6-9(7-11(18-2)12(10)19-3)20-21(15,16)14-5-4-13-8-14/h4-8H,1-3H3. The molecule has 0 fully saturated rings. The van der Waals surface area contributed by atoms with Gasteiger partial charge in [-0.2, -0.15) is 8.42 Å². The SMILES string of the molecule is COc1cc(OS(=O)(=O)n2ccnc2)cc(OC)c1OC. The molecule has 114 valence electrons. The second-order valence-corrected chi connectivity index (χ2v) is 5.24. The van der Waals surface area contributed by atoms with Crippen molar-refractivity contribution in [3.05, 3.63) is 30.9 Å². The van der Waals surface area contributed by atoms with Crippen molar-refractivity contribution in [3.63, 3.8) is 0 Å². The van der Waals surface area contributed by atoms with E-state index in [0.29, 0.717) is 5.75 Å². The van der Waals surface area contributed by atoms with Crippen molar-refractivity contribution in [2.75, 3.05) is 21.3 Å². The second kappa shape index (κ2) is 5.92. The smallest absolute Gasteiger partial charge is 0.414 e. The molecule has 9 heteroatoms. The first-order valence-electron chi connectivity index (χ1n) is 5.74. The van der Waals surface area contributed by atoms with E-state index in [0.717, 1.165) is 10.3 Å². The number of ether oxygens (including phenoxy) is 3. The van der Waals surface area contributed by atoms with Crippen molar-refractivity contribution in [1.82, 2.24) is 8.96 Å². The van der Waals surface area contributed by atoms with Gasteiger partial charge in [0.2, 0.25) is 5.75 Å². The fourth-order valence-electron chi connectivity index (χ4n) is 1.65. The zero-order chi connectivity index (χ0) is 15.5. The summed E-state index contributed by atoms with van der Waals surface area (Å²) in [5.74, 6) is 0.936. The first-order valence-corrected chi connectivity index (χ1v) is 7.11. The molecule has 0 radical (unpaired) electrons. The van der Waals surface area contributed by atoms with Gasteiger partial charge in [-0.25, -0.2) is 8.96 Å². The molecule has 0 amide bonds. The van der Waals surface area contributed by atoms with Gasteiger partial charge in [0.05, 0.1) is 21.3 Å². The summed E-state index contributed by atoms with van der Waals surface area (Å²) in [5, 5.41) is 0. The number of hydrogen-bond acceptors (Lipinski definition) is 7. The van der Waals surface area contributed by atoms with Gasteiger partial charge in [0.15, 0.2) is 17.2 Å². The van der Waals surface area contributed by atoms with E-state index in [1.54, 1.807) is 0 Å². The number of imidazole rings is 1. The van der Waals surface area contributed by atoms with Gasteiger partial charge >= 0.3 is 10.3 Å². The summed E-state index contributed by atoms with van der Waals surface area (Å²) in [4.78, 5) is 3.66. The molecule has 1 aromatic carbocycles. The van der Waals surface area contributed by atoms with Crippen LogP contribution in [-0.2, 0) is 10.3 Å². The third-order valence-electron chi connectivity index (χ3n) is 2.58. The predicted octanol–water partition coefficient (Wildman–Crippen LogP) is 1.08. The molecule has 0 N–H and O–H groups in total. The van der Waals surface area contributed by atoms with E-state index in [1.165, 1.54) is 45.9 Å². The Balaban J connectivity index is 2.41. The maximum absolute atomic E-state index is 12.0. The number of rotatable bonds is 6. The highest BCUT2D eigenvalue weighted by molar-refractivity contribution is 7.85. The van der Waals surface area contributed by atoms with Gasteiger partial charge in [-0.3, -0.25) is 0 Å². The Morgan fingerprint density at radius 3 is 2.10 bits per heavy atom. The van der Waals surface area contributed by atoms with Gasteiger partial charge in [0.25, 0.3) is 0 Å². The van der Waals surface area contributed by atoms with Gasteiger partial charge in [0, 0.05) is 24.5 Å². The van der Waals surface area contributed by atoms with Crippen molar-refractivity contribution < 1.29 is 26.8 Å². The van der Waals surface area contributed by atoms with Crippen LogP contribution in [0.2, 0.25) is 0 Å². The molecular formula is C12H14N2O6S. The number of methoxy groups -OCH3 is 3. The minimum atomic E-state index is -4.04. The van der Waals surface area contributed by atoms with Crippen molar-refractivity contribution in [2.45, 2.75) is 0 Å². The summed E-state index contributed by atoms with van der Waals surface area (Å²) in [6, 6.07) is 2.77. The van der Waals surface area contributed by atoms with Crippen LogP contribution in [0.3, 0.4) is 0 Å². The summed E-state index contributed by atoms with van der Waals surface area (Å²) in [5.41, 5.74) is 0. The molecule has 0 unspecified atom stereocenters. The predicted molar refractivity (Wildman–Crippen MR) is 73.3 cm³/mol. The molecule has 21 heavy (non-hydrogen) atoms. The maximum atomic E-state index is 12.0. The van der Waals surface area contributed by atoms with Crippen molar-refractivity contribution in [1.29, 1.82) is 0 Å². The fraction of sp³-hybridized carbons (Fsp3) is 0.250. The van der Waals surface area contributed by atoms with Crippen LogP contribution < -0.4 is 18.4 Å². The highest BCUT2D eigenvalue weighted by Gasteiger charge is 2.19. The normalized spacial score (nSPS) is 11.0. The lowest BCUT2D eigenvalue weighted by Crippen LogP contribution is -2.17. The monoisotopic (exact) mass is 314 g/mol. The number of aromatic nitrogens is 2. The highest BCUT2D eigenvalue weighted by atomic mass is 32.2. The Morgan fingerprint density at radius 1 is 1.05 bits per heavy atom. The van der Waals surface area contributed by atoms with Crippen LogP contribution in [0.15, 0.2) is 30.9 Å². The lowest BCUT2D eigenvalue weighted by Gasteiger charge is -2.14. The molecule has 0 saturated carbocycles. The molecule has 0 atom stereocenters. The van der Waals surface area contributed by atoms with E-state index in [2.05, 4.69) is 4.98 Å². The Bertz CT molecular complexity index is 686. The Morgan fingerprint density at radius 2 is 1.67 bits per heavy atom. The average Bonchev–Trinajstić information content (AvgIpc) is 3.00. The summed E-state index contributed by atoms with van der Waals surface area (Å²) in [7, 11) is 0.254. The van der Waals surface area contributed by atoms with Crippen LogP contribution in [-0.4, -0.2) is 38.7 Å². The molecule has 0 bridgehead atoms. The molecule has 1 aromatic heterocycles. The lowest BCUT2D eigenvalue weighted by atomic mass is 10.2. The number of benzene rings is 1. The molecule has 0 aliphatic carbocycles. The van der Waals surface area contributed by atoms with Gasteiger partial charge in [0.1, 0.15) is 6.33 Å². The Kier molecular flexibility index (Phi) is 4.22. The summed E-state index contributed by atoms with van der Waals surface area (Å²) < 4.78 is 45.3. The van der Waals surface area contributed by atoms with Crippen LogP contribution in [0.1, 0.15) is 0 Å². The largest absolute Gasteiger partial charge is 0.493 e. The van der Waals surface area contributed by atoms with E-state index >= 15 is 0 Å². The van der Waals surface area contributed by atoms with E-state index in [9.17, 15) is 8.42 Å². The van der Waals surface area contributed by atoms with Crippen LogP contribution >= 0.6 is 0 Å². The minimum Gasteiger partial charge on any atom is -0.493 e. The van der Waals surface area contributed by atoms with Gasteiger partial charge in [-0.15, -0.1) is 0 Å². The zero-order valence-electron chi connectivity index (χ0n) is 11.6. The minimum absolute atomic E-state index is 0.0261. The highest BCUT2D eigenvalue weighted by Crippen LogP contribution is 2.41. The molecule has 0 spiro atoms. The van der Waals surface area contributed by atoms with Crippen LogP contribution in [0.5, 0.6) is 23.0 Å². The molecule has 2 rings (SSSR count). The average molecular weight is 314 g/mol. The van der Waals surface area contributed by atoms with E-state index in [4.69, 9.17) is 18.4 Å². The molecule has 2 aromatic rings. The molecule has 8 nitrogen and oxygen atoms in total. The summed E-state index contributed by atoms with van der Waals surface area (Å²) in [6.07, 6.45) is 3.71.